The normalized spacial score (nSPS) is 20.1. The lowest BCUT2D eigenvalue weighted by Gasteiger charge is -2.23. The van der Waals surface area contributed by atoms with Crippen molar-refractivity contribution in [1.29, 1.82) is 0 Å². The number of rotatable bonds is 12. The number of hydrogen-bond acceptors (Lipinski definition) is 10. The molecule has 0 aliphatic carbocycles. The van der Waals surface area contributed by atoms with Gasteiger partial charge in [-0.3, -0.25) is 9.80 Å². The maximum absolute atomic E-state index is 5.75. The highest BCUT2D eigenvalue weighted by molar-refractivity contribution is 4.59. The summed E-state index contributed by atoms with van der Waals surface area (Å²) in [5.41, 5.74) is 0. The zero-order valence-corrected chi connectivity index (χ0v) is 20.3. The summed E-state index contributed by atoms with van der Waals surface area (Å²) in [4.78, 5) is 4.59. The van der Waals surface area contributed by atoms with Crippen LogP contribution in [0.5, 0.6) is 0 Å². The summed E-state index contributed by atoms with van der Waals surface area (Å²) in [5, 5.41) is 0. The molecule has 0 saturated carbocycles. The Bertz CT molecular complexity index is 328. The molecule has 192 valence electrons. The van der Waals surface area contributed by atoms with Crippen molar-refractivity contribution in [1.82, 2.24) is 9.80 Å². The van der Waals surface area contributed by atoms with Gasteiger partial charge in [0.1, 0.15) is 0 Å². The molecule has 0 aromatic heterocycles. The van der Waals surface area contributed by atoms with Crippen LogP contribution in [-0.2, 0) is 37.9 Å². The van der Waals surface area contributed by atoms with Crippen molar-refractivity contribution >= 4 is 0 Å². The van der Waals surface area contributed by atoms with Crippen LogP contribution >= 0.6 is 0 Å². The third-order valence-corrected chi connectivity index (χ3v) is 4.92. The monoisotopic (exact) mass is 466 g/mol. The van der Waals surface area contributed by atoms with E-state index in [4.69, 9.17) is 37.9 Å². The summed E-state index contributed by atoms with van der Waals surface area (Å²) < 4.78 is 44.2. The lowest BCUT2D eigenvalue weighted by atomic mass is 10.4. The average Bonchev–Trinajstić information content (AvgIpc) is 2.80. The fourth-order valence-electron chi connectivity index (χ4n) is 2.97. The number of nitrogens with zero attached hydrogens (tertiary/aromatic N) is 2. The second-order valence-electron chi connectivity index (χ2n) is 7.34. The van der Waals surface area contributed by atoms with Crippen LogP contribution in [0.15, 0.2) is 0 Å². The molecule has 1 fully saturated rings. The van der Waals surface area contributed by atoms with Crippen LogP contribution in [0.25, 0.3) is 0 Å². The highest BCUT2D eigenvalue weighted by Crippen LogP contribution is 1.95. The van der Waals surface area contributed by atoms with Crippen molar-refractivity contribution in [3.63, 3.8) is 0 Å². The predicted octanol–water partition coefficient (Wildman–Crippen LogP) is -0.00360. The molecule has 0 atom stereocenters. The molecule has 1 aliphatic rings. The lowest BCUT2D eigenvalue weighted by Crippen LogP contribution is -2.35. The molecule has 32 heavy (non-hydrogen) atoms. The molecule has 10 nitrogen and oxygen atoms in total. The van der Waals surface area contributed by atoms with E-state index in [-0.39, 0.29) is 0 Å². The van der Waals surface area contributed by atoms with Crippen LogP contribution < -0.4 is 0 Å². The fraction of sp³-hybridized carbons (Fsp3) is 1.00. The summed E-state index contributed by atoms with van der Waals surface area (Å²) in [6.07, 6.45) is 0. The largest absolute Gasteiger partial charge is 0.382 e. The van der Waals surface area contributed by atoms with Gasteiger partial charge in [0, 0.05) is 53.5 Å². The van der Waals surface area contributed by atoms with Gasteiger partial charge in [-0.05, 0) is 0 Å². The standard InChI is InChI=1S/C22H46N2O8/c1-25-15-17-27-9-3-23-5-11-29-19-21-31-13-7-24(4-10-28-18-16-26-2)8-14-32-22-20-30-12-6-23/h3-22H2,1-2H3. The van der Waals surface area contributed by atoms with Crippen LogP contribution in [0.1, 0.15) is 0 Å². The minimum absolute atomic E-state index is 0.595. The Morgan fingerprint density at radius 1 is 0.469 bits per heavy atom. The smallest absolute Gasteiger partial charge is 0.0701 e. The molecule has 0 spiro atoms. The predicted molar refractivity (Wildman–Crippen MR) is 122 cm³/mol. The first kappa shape index (κ1) is 29.6. The Balaban J connectivity index is 2.28. The van der Waals surface area contributed by atoms with Crippen molar-refractivity contribution in [2.75, 3.05) is 146 Å². The topological polar surface area (TPSA) is 80.3 Å². The summed E-state index contributed by atoms with van der Waals surface area (Å²) in [7, 11) is 3.36. The second kappa shape index (κ2) is 23.7. The van der Waals surface area contributed by atoms with Crippen molar-refractivity contribution < 1.29 is 37.9 Å². The van der Waals surface area contributed by atoms with E-state index in [0.717, 1.165) is 39.3 Å². The van der Waals surface area contributed by atoms with E-state index >= 15 is 0 Å². The lowest BCUT2D eigenvalue weighted by molar-refractivity contribution is -0.00197. The van der Waals surface area contributed by atoms with E-state index in [1.165, 1.54) is 0 Å². The molecule has 0 unspecified atom stereocenters. The quantitative estimate of drug-likeness (QED) is 0.367. The van der Waals surface area contributed by atoms with E-state index in [0.29, 0.717) is 92.5 Å². The molecular weight excluding hydrogens is 420 g/mol. The first-order chi connectivity index (χ1) is 15.9. The summed E-state index contributed by atoms with van der Waals surface area (Å²) in [6.45, 7) is 13.9. The summed E-state index contributed by atoms with van der Waals surface area (Å²) >= 11 is 0. The van der Waals surface area contributed by atoms with E-state index in [1.54, 1.807) is 14.2 Å². The van der Waals surface area contributed by atoms with Crippen LogP contribution in [-0.4, -0.2) is 156 Å². The van der Waals surface area contributed by atoms with Gasteiger partial charge in [0.25, 0.3) is 0 Å². The van der Waals surface area contributed by atoms with E-state index in [2.05, 4.69) is 9.80 Å². The SMILES string of the molecule is COCCOCCN1CCOCCOCCN(CCOCCOC)CCOCCOCC1. The van der Waals surface area contributed by atoms with Crippen LogP contribution in [0.4, 0.5) is 0 Å². The molecule has 1 saturated heterocycles. The Hall–Kier alpha value is -0.400. The Morgan fingerprint density at radius 2 is 0.812 bits per heavy atom. The molecule has 0 amide bonds. The van der Waals surface area contributed by atoms with Gasteiger partial charge >= 0.3 is 0 Å². The average molecular weight is 467 g/mol. The maximum atomic E-state index is 5.75. The molecule has 1 heterocycles. The van der Waals surface area contributed by atoms with Crippen molar-refractivity contribution in [2.45, 2.75) is 0 Å². The molecule has 0 aromatic rings. The Labute approximate surface area is 194 Å². The van der Waals surface area contributed by atoms with E-state index in [9.17, 15) is 0 Å². The van der Waals surface area contributed by atoms with Gasteiger partial charge in [0.15, 0.2) is 0 Å². The highest BCUT2D eigenvalue weighted by atomic mass is 16.5. The second-order valence-corrected chi connectivity index (χ2v) is 7.34. The zero-order valence-electron chi connectivity index (χ0n) is 20.3. The number of hydrogen-bond donors (Lipinski definition) is 0. The van der Waals surface area contributed by atoms with Gasteiger partial charge in [0.2, 0.25) is 0 Å². The van der Waals surface area contributed by atoms with Crippen LogP contribution in [0.3, 0.4) is 0 Å². The third kappa shape index (κ3) is 19.1. The third-order valence-electron chi connectivity index (χ3n) is 4.92. The first-order valence-electron chi connectivity index (χ1n) is 11.8. The minimum Gasteiger partial charge on any atom is -0.382 e. The van der Waals surface area contributed by atoms with Gasteiger partial charge in [0.05, 0.1) is 92.5 Å². The first-order valence-corrected chi connectivity index (χ1v) is 11.8. The summed E-state index contributed by atoms with van der Waals surface area (Å²) in [5.74, 6) is 0. The van der Waals surface area contributed by atoms with Crippen molar-refractivity contribution in [2.24, 2.45) is 0 Å². The van der Waals surface area contributed by atoms with Gasteiger partial charge in [-0.15, -0.1) is 0 Å². The fourth-order valence-corrected chi connectivity index (χ4v) is 2.97. The minimum atomic E-state index is 0.595. The van der Waals surface area contributed by atoms with Crippen molar-refractivity contribution in [3.8, 4) is 0 Å². The summed E-state index contributed by atoms with van der Waals surface area (Å²) in [6, 6.07) is 0. The molecule has 0 radical (unpaired) electrons. The molecule has 0 N–H and O–H groups in total. The van der Waals surface area contributed by atoms with Crippen molar-refractivity contribution in [3.05, 3.63) is 0 Å². The van der Waals surface area contributed by atoms with Gasteiger partial charge < -0.3 is 37.9 Å². The van der Waals surface area contributed by atoms with Crippen LogP contribution in [0.2, 0.25) is 0 Å². The van der Waals surface area contributed by atoms with E-state index < -0.39 is 0 Å². The molecule has 10 heteroatoms. The Morgan fingerprint density at radius 3 is 1.12 bits per heavy atom. The number of ether oxygens (including phenoxy) is 8. The van der Waals surface area contributed by atoms with Gasteiger partial charge in [-0.1, -0.05) is 0 Å². The van der Waals surface area contributed by atoms with Crippen LogP contribution in [0, 0.1) is 0 Å². The molecule has 0 aromatic carbocycles. The van der Waals surface area contributed by atoms with Gasteiger partial charge in [-0.25, -0.2) is 0 Å². The van der Waals surface area contributed by atoms with E-state index in [1.807, 2.05) is 0 Å². The number of methoxy groups -OCH3 is 2. The highest BCUT2D eigenvalue weighted by Gasteiger charge is 2.08. The molecular formula is C22H46N2O8. The molecule has 1 aliphatic heterocycles. The Kier molecular flexibility index (Phi) is 22.0. The van der Waals surface area contributed by atoms with Gasteiger partial charge in [-0.2, -0.15) is 0 Å². The molecule has 1 rings (SSSR count). The molecule has 0 bridgehead atoms. The zero-order chi connectivity index (χ0) is 23.0. The maximum Gasteiger partial charge on any atom is 0.0701 e.